The summed E-state index contributed by atoms with van der Waals surface area (Å²) in [5.41, 5.74) is 4.50. The summed E-state index contributed by atoms with van der Waals surface area (Å²) in [5, 5.41) is 8.77. The number of anilines is 1. The number of fused-ring (bicyclic) bond motifs is 1. The van der Waals surface area contributed by atoms with Crippen molar-refractivity contribution in [2.75, 3.05) is 18.3 Å². The zero-order chi connectivity index (χ0) is 24.6. The van der Waals surface area contributed by atoms with Crippen LogP contribution in [0.25, 0.3) is 11.1 Å². The molecule has 0 aliphatic carbocycles. The second-order valence-electron chi connectivity index (χ2n) is 9.00. The van der Waals surface area contributed by atoms with Gasteiger partial charge in [0.25, 0.3) is 0 Å². The van der Waals surface area contributed by atoms with Gasteiger partial charge in [-0.15, -0.1) is 0 Å². The molecule has 1 aliphatic rings. The molecular weight excluding hydrogens is 442 g/mol. The van der Waals surface area contributed by atoms with E-state index in [1.54, 1.807) is 0 Å². The molecule has 184 valence electrons. The molecule has 0 bridgehead atoms. The van der Waals surface area contributed by atoms with Gasteiger partial charge >= 0.3 is 5.97 Å². The van der Waals surface area contributed by atoms with E-state index < -0.39 is 5.97 Å². The standard InChI is InChI=1S/C29H33NO5/c1-21(2)30(19-24-8-5-6-9-26(24)33-17-7-3-4-10-29(31)32)25-14-11-22(12-15-25)23-13-16-27-28(18-23)35-20-34-27/h5-6,8-9,11-16,18,21H,3-4,7,10,17,19-20H2,1-2H3,(H,31,32). The van der Waals surface area contributed by atoms with E-state index in [0.29, 0.717) is 19.1 Å². The zero-order valence-electron chi connectivity index (χ0n) is 20.4. The molecule has 6 heteroatoms. The van der Waals surface area contributed by atoms with E-state index in [1.165, 1.54) is 0 Å². The predicted octanol–water partition coefficient (Wildman–Crippen LogP) is 6.52. The van der Waals surface area contributed by atoms with Crippen molar-refractivity contribution in [3.63, 3.8) is 0 Å². The van der Waals surface area contributed by atoms with Crippen LogP contribution in [0.5, 0.6) is 17.2 Å². The molecule has 4 rings (SSSR count). The average molecular weight is 476 g/mol. The Hall–Kier alpha value is -3.67. The van der Waals surface area contributed by atoms with Gasteiger partial charge in [-0.3, -0.25) is 4.79 Å². The topological polar surface area (TPSA) is 68.2 Å². The molecule has 0 atom stereocenters. The number of aliphatic carboxylic acids is 1. The van der Waals surface area contributed by atoms with Gasteiger partial charge < -0.3 is 24.2 Å². The fraction of sp³-hybridized carbons (Fsp3) is 0.345. The highest BCUT2D eigenvalue weighted by molar-refractivity contribution is 5.69. The number of carboxylic acids is 1. The molecule has 1 heterocycles. The Labute approximate surface area is 207 Å². The molecule has 0 fully saturated rings. The van der Waals surface area contributed by atoms with Crippen molar-refractivity contribution in [3.8, 4) is 28.4 Å². The summed E-state index contributed by atoms with van der Waals surface area (Å²) in [6, 6.07) is 23.1. The summed E-state index contributed by atoms with van der Waals surface area (Å²) in [4.78, 5) is 13.0. The van der Waals surface area contributed by atoms with Crippen LogP contribution < -0.4 is 19.1 Å². The molecule has 0 saturated heterocycles. The Balaban J connectivity index is 1.42. The summed E-state index contributed by atoms with van der Waals surface area (Å²) in [6.07, 6.45) is 2.59. The van der Waals surface area contributed by atoms with Crippen LogP contribution in [-0.4, -0.2) is 30.5 Å². The summed E-state index contributed by atoms with van der Waals surface area (Å²) >= 11 is 0. The number of unbranched alkanes of at least 4 members (excludes halogenated alkanes) is 2. The van der Waals surface area contributed by atoms with Crippen molar-refractivity contribution in [2.24, 2.45) is 0 Å². The lowest BCUT2D eigenvalue weighted by Gasteiger charge is -2.30. The third-order valence-corrected chi connectivity index (χ3v) is 6.13. The average Bonchev–Trinajstić information content (AvgIpc) is 3.33. The summed E-state index contributed by atoms with van der Waals surface area (Å²) in [6.45, 7) is 5.98. The minimum absolute atomic E-state index is 0.216. The Morgan fingerprint density at radius 3 is 2.46 bits per heavy atom. The number of carbonyl (C=O) groups is 1. The SMILES string of the molecule is CC(C)N(Cc1ccccc1OCCCCCC(=O)O)c1ccc(-c2ccc3c(c2)OCO3)cc1. The summed E-state index contributed by atoms with van der Waals surface area (Å²) < 4.78 is 17.0. The number of rotatable bonds is 12. The lowest BCUT2D eigenvalue weighted by Crippen LogP contribution is -2.30. The van der Waals surface area contributed by atoms with Crippen LogP contribution in [0.4, 0.5) is 5.69 Å². The Kier molecular flexibility index (Phi) is 8.14. The highest BCUT2D eigenvalue weighted by Gasteiger charge is 2.16. The second-order valence-corrected chi connectivity index (χ2v) is 9.00. The van der Waals surface area contributed by atoms with E-state index in [0.717, 1.165) is 59.0 Å². The van der Waals surface area contributed by atoms with Crippen LogP contribution in [0.1, 0.15) is 45.1 Å². The Morgan fingerprint density at radius 1 is 0.943 bits per heavy atom. The third-order valence-electron chi connectivity index (χ3n) is 6.13. The van der Waals surface area contributed by atoms with Gasteiger partial charge in [-0.2, -0.15) is 0 Å². The largest absolute Gasteiger partial charge is 0.493 e. The van der Waals surface area contributed by atoms with Crippen LogP contribution >= 0.6 is 0 Å². The number of benzene rings is 3. The molecule has 35 heavy (non-hydrogen) atoms. The molecule has 0 radical (unpaired) electrons. The minimum atomic E-state index is -0.742. The highest BCUT2D eigenvalue weighted by atomic mass is 16.7. The van der Waals surface area contributed by atoms with Crippen LogP contribution in [0.2, 0.25) is 0 Å². The van der Waals surface area contributed by atoms with Crippen LogP contribution in [0.3, 0.4) is 0 Å². The van der Waals surface area contributed by atoms with E-state index in [-0.39, 0.29) is 13.2 Å². The first-order chi connectivity index (χ1) is 17.0. The van der Waals surface area contributed by atoms with E-state index in [1.807, 2.05) is 30.3 Å². The number of hydrogen-bond acceptors (Lipinski definition) is 5. The van der Waals surface area contributed by atoms with Crippen LogP contribution in [0, 0.1) is 0 Å². The normalized spacial score (nSPS) is 12.1. The maximum atomic E-state index is 10.7. The summed E-state index contributed by atoms with van der Waals surface area (Å²) in [5.74, 6) is 1.72. The van der Waals surface area contributed by atoms with Gasteiger partial charge in [-0.25, -0.2) is 0 Å². The fourth-order valence-corrected chi connectivity index (χ4v) is 4.19. The van der Waals surface area contributed by atoms with Crippen LogP contribution in [0.15, 0.2) is 66.7 Å². The predicted molar refractivity (Wildman–Crippen MR) is 137 cm³/mol. The molecular formula is C29H33NO5. The number of ether oxygens (including phenoxy) is 3. The quantitative estimate of drug-likeness (QED) is 0.301. The molecule has 0 aromatic heterocycles. The van der Waals surface area contributed by atoms with Crippen molar-refractivity contribution >= 4 is 11.7 Å². The molecule has 0 unspecified atom stereocenters. The molecule has 3 aromatic carbocycles. The van der Waals surface area contributed by atoms with E-state index in [4.69, 9.17) is 19.3 Å². The summed E-state index contributed by atoms with van der Waals surface area (Å²) in [7, 11) is 0. The van der Waals surface area contributed by atoms with Crippen molar-refractivity contribution < 1.29 is 24.1 Å². The van der Waals surface area contributed by atoms with Gasteiger partial charge in [0, 0.05) is 30.3 Å². The fourth-order valence-electron chi connectivity index (χ4n) is 4.19. The van der Waals surface area contributed by atoms with Crippen molar-refractivity contribution in [3.05, 3.63) is 72.3 Å². The Bertz CT molecular complexity index is 1130. The molecule has 1 aliphatic heterocycles. The monoisotopic (exact) mass is 475 g/mol. The number of para-hydroxylation sites is 1. The first-order valence-corrected chi connectivity index (χ1v) is 12.2. The van der Waals surface area contributed by atoms with E-state index in [2.05, 4.69) is 55.1 Å². The minimum Gasteiger partial charge on any atom is -0.493 e. The van der Waals surface area contributed by atoms with Crippen molar-refractivity contribution in [2.45, 2.75) is 52.1 Å². The van der Waals surface area contributed by atoms with Gasteiger partial charge in [0.2, 0.25) is 6.79 Å². The van der Waals surface area contributed by atoms with Crippen LogP contribution in [-0.2, 0) is 11.3 Å². The molecule has 0 amide bonds. The number of carboxylic acid groups (broad SMARTS) is 1. The molecule has 1 N–H and O–H groups in total. The molecule has 3 aromatic rings. The number of nitrogens with zero attached hydrogens (tertiary/aromatic N) is 1. The highest BCUT2D eigenvalue weighted by Crippen LogP contribution is 2.36. The van der Waals surface area contributed by atoms with Gasteiger partial charge in [-0.05, 0) is 74.6 Å². The zero-order valence-corrected chi connectivity index (χ0v) is 20.4. The van der Waals surface area contributed by atoms with Gasteiger partial charge in [-0.1, -0.05) is 36.4 Å². The molecule has 0 saturated carbocycles. The smallest absolute Gasteiger partial charge is 0.303 e. The lowest BCUT2D eigenvalue weighted by molar-refractivity contribution is -0.137. The second kappa shape index (κ2) is 11.6. The van der Waals surface area contributed by atoms with Crippen molar-refractivity contribution in [1.29, 1.82) is 0 Å². The van der Waals surface area contributed by atoms with E-state index in [9.17, 15) is 4.79 Å². The Morgan fingerprint density at radius 2 is 1.69 bits per heavy atom. The molecule has 0 spiro atoms. The first-order valence-electron chi connectivity index (χ1n) is 12.2. The third kappa shape index (κ3) is 6.47. The van der Waals surface area contributed by atoms with Gasteiger partial charge in [0.05, 0.1) is 6.61 Å². The van der Waals surface area contributed by atoms with Gasteiger partial charge in [0.1, 0.15) is 5.75 Å². The molecule has 6 nitrogen and oxygen atoms in total. The number of hydrogen-bond donors (Lipinski definition) is 1. The van der Waals surface area contributed by atoms with E-state index >= 15 is 0 Å². The lowest BCUT2D eigenvalue weighted by atomic mass is 10.0. The maximum absolute atomic E-state index is 10.7. The maximum Gasteiger partial charge on any atom is 0.303 e. The van der Waals surface area contributed by atoms with Gasteiger partial charge in [0.15, 0.2) is 11.5 Å². The van der Waals surface area contributed by atoms with Crippen molar-refractivity contribution in [1.82, 2.24) is 0 Å². The first kappa shape index (κ1) is 24.5.